The van der Waals surface area contributed by atoms with E-state index in [-0.39, 0.29) is 12.0 Å². The first-order chi connectivity index (χ1) is 11.3. The fourth-order valence-electron chi connectivity index (χ4n) is 2.65. The highest BCUT2D eigenvalue weighted by Crippen LogP contribution is 2.27. The number of rotatable bonds is 6. The van der Waals surface area contributed by atoms with Crippen LogP contribution in [-0.2, 0) is 4.79 Å². The van der Waals surface area contributed by atoms with Crippen molar-refractivity contribution in [3.63, 3.8) is 0 Å². The van der Waals surface area contributed by atoms with Gasteiger partial charge < -0.3 is 20.5 Å². The van der Waals surface area contributed by atoms with E-state index in [4.69, 9.17) is 10.1 Å². The number of carboxylic acids is 1. The molecule has 1 aliphatic heterocycles. The molecule has 0 aromatic heterocycles. The molecule has 0 radical (unpaired) electrons. The highest BCUT2D eigenvalue weighted by atomic mass is 16.5. The van der Waals surface area contributed by atoms with E-state index in [0.717, 1.165) is 25.1 Å². The Balaban J connectivity index is 1.91. The lowest BCUT2D eigenvalue weighted by Crippen LogP contribution is -2.36. The molecule has 1 heterocycles. The Morgan fingerprint density at radius 3 is 2.58 bits per heavy atom. The fraction of sp³-hybridized carbons (Fsp3) is 0.556. The minimum atomic E-state index is -0.852. The normalized spacial score (nSPS) is 18.9. The standard InChI is InChI=1S/C18H27N3O3/c1-18(2,3)15(17(22)23)11-24-14-6-4-12(5-7-14)16(19)21-13-8-9-20-10-13/h4-7,13,15,20H,8-11H2,1-3H3,(H2,19,21)(H,22,23)/t13-,15+/m1/s1. The molecule has 132 valence electrons. The van der Waals surface area contributed by atoms with E-state index < -0.39 is 11.9 Å². The Bertz CT molecular complexity index is 572. The van der Waals surface area contributed by atoms with E-state index in [2.05, 4.69) is 10.6 Å². The van der Waals surface area contributed by atoms with Crippen LogP contribution >= 0.6 is 0 Å². The molecule has 0 bridgehead atoms. The number of aliphatic carboxylic acids is 1. The zero-order chi connectivity index (χ0) is 17.7. The smallest absolute Gasteiger partial charge is 0.310 e. The molecule has 1 saturated heterocycles. The minimum absolute atomic E-state index is 0.127. The Labute approximate surface area is 143 Å². The Hall–Kier alpha value is -2.08. The van der Waals surface area contributed by atoms with E-state index in [1.54, 1.807) is 12.1 Å². The predicted molar refractivity (Wildman–Crippen MR) is 93.8 cm³/mol. The second kappa shape index (κ2) is 7.66. The summed E-state index contributed by atoms with van der Waals surface area (Å²) in [6.45, 7) is 7.67. The van der Waals surface area contributed by atoms with Gasteiger partial charge in [-0.25, -0.2) is 0 Å². The van der Waals surface area contributed by atoms with Crippen LogP contribution in [0.4, 0.5) is 0 Å². The van der Waals surface area contributed by atoms with Crippen LogP contribution in [0, 0.1) is 16.7 Å². The van der Waals surface area contributed by atoms with Crippen LogP contribution in [0.15, 0.2) is 24.3 Å². The molecule has 6 heteroatoms. The third-order valence-electron chi connectivity index (χ3n) is 4.31. The number of amidine groups is 1. The van der Waals surface area contributed by atoms with Crippen molar-refractivity contribution in [3.05, 3.63) is 29.8 Å². The lowest BCUT2D eigenvalue weighted by Gasteiger charge is -2.26. The van der Waals surface area contributed by atoms with Crippen molar-refractivity contribution in [1.29, 1.82) is 5.41 Å². The molecule has 4 N–H and O–H groups in total. The molecule has 0 saturated carbocycles. The monoisotopic (exact) mass is 333 g/mol. The molecule has 1 aromatic rings. The lowest BCUT2D eigenvalue weighted by atomic mass is 9.81. The van der Waals surface area contributed by atoms with Crippen molar-refractivity contribution in [2.75, 3.05) is 19.7 Å². The van der Waals surface area contributed by atoms with E-state index in [1.807, 2.05) is 32.9 Å². The van der Waals surface area contributed by atoms with Crippen molar-refractivity contribution in [1.82, 2.24) is 10.6 Å². The molecule has 1 aromatic carbocycles. The summed E-state index contributed by atoms with van der Waals surface area (Å²) in [6.07, 6.45) is 1.02. The van der Waals surface area contributed by atoms with Gasteiger partial charge in [-0.2, -0.15) is 0 Å². The summed E-state index contributed by atoms with van der Waals surface area (Å²) in [4.78, 5) is 11.4. The van der Waals surface area contributed by atoms with Crippen molar-refractivity contribution < 1.29 is 14.6 Å². The van der Waals surface area contributed by atoms with Gasteiger partial charge in [-0.15, -0.1) is 0 Å². The summed E-state index contributed by atoms with van der Waals surface area (Å²) < 4.78 is 5.64. The highest BCUT2D eigenvalue weighted by Gasteiger charge is 2.31. The third-order valence-corrected chi connectivity index (χ3v) is 4.31. The summed E-state index contributed by atoms with van der Waals surface area (Å²) >= 11 is 0. The number of benzene rings is 1. The first-order valence-corrected chi connectivity index (χ1v) is 8.29. The van der Waals surface area contributed by atoms with Crippen LogP contribution in [-0.4, -0.2) is 42.6 Å². The molecular weight excluding hydrogens is 306 g/mol. The SMILES string of the molecule is CC(C)(C)[C@@H](COc1ccc(C(=N)N[C@@H]2CCNC2)cc1)C(=O)O. The van der Waals surface area contributed by atoms with Crippen molar-refractivity contribution in [2.24, 2.45) is 11.3 Å². The summed E-state index contributed by atoms with van der Waals surface area (Å²) in [6, 6.07) is 7.50. The second-order valence-electron chi connectivity index (χ2n) is 7.30. The minimum Gasteiger partial charge on any atom is -0.493 e. The van der Waals surface area contributed by atoms with Crippen LogP contribution in [0.25, 0.3) is 0 Å². The Kier molecular flexibility index (Phi) is 5.83. The summed E-state index contributed by atoms with van der Waals surface area (Å²) in [5.74, 6) is -0.416. The zero-order valence-electron chi connectivity index (χ0n) is 14.6. The summed E-state index contributed by atoms with van der Waals surface area (Å²) in [5, 5.41) is 23.9. The number of ether oxygens (including phenoxy) is 1. The molecule has 0 aliphatic carbocycles. The average Bonchev–Trinajstić information content (AvgIpc) is 2.99. The topological polar surface area (TPSA) is 94.4 Å². The molecule has 2 atom stereocenters. The molecule has 0 amide bonds. The van der Waals surface area contributed by atoms with Gasteiger partial charge in [0.1, 0.15) is 18.2 Å². The molecule has 24 heavy (non-hydrogen) atoms. The summed E-state index contributed by atoms with van der Waals surface area (Å²) in [7, 11) is 0. The number of carboxylic acid groups (broad SMARTS) is 1. The van der Waals surface area contributed by atoms with Crippen molar-refractivity contribution in [2.45, 2.75) is 33.2 Å². The number of carbonyl (C=O) groups is 1. The first kappa shape index (κ1) is 18.3. The first-order valence-electron chi connectivity index (χ1n) is 8.29. The van der Waals surface area contributed by atoms with E-state index in [0.29, 0.717) is 17.6 Å². The molecule has 0 unspecified atom stereocenters. The molecule has 1 aliphatic rings. The molecule has 1 fully saturated rings. The number of nitrogens with one attached hydrogen (secondary N) is 3. The van der Waals surface area contributed by atoms with Crippen molar-refractivity contribution in [3.8, 4) is 5.75 Å². The zero-order valence-corrected chi connectivity index (χ0v) is 14.6. The van der Waals surface area contributed by atoms with Gasteiger partial charge in [-0.3, -0.25) is 10.2 Å². The van der Waals surface area contributed by atoms with Crippen LogP contribution in [0.3, 0.4) is 0 Å². The van der Waals surface area contributed by atoms with Gasteiger partial charge in [0.15, 0.2) is 0 Å². The predicted octanol–water partition coefficient (Wildman–Crippen LogP) is 2.09. The van der Waals surface area contributed by atoms with Crippen LogP contribution < -0.4 is 15.4 Å². The van der Waals surface area contributed by atoms with Crippen molar-refractivity contribution >= 4 is 11.8 Å². The Morgan fingerprint density at radius 2 is 2.08 bits per heavy atom. The van der Waals surface area contributed by atoms with Gasteiger partial charge in [-0.1, -0.05) is 20.8 Å². The largest absolute Gasteiger partial charge is 0.493 e. The maximum atomic E-state index is 11.4. The van der Waals surface area contributed by atoms with Gasteiger partial charge >= 0.3 is 5.97 Å². The van der Waals surface area contributed by atoms with Crippen LogP contribution in [0.5, 0.6) is 5.75 Å². The maximum absolute atomic E-state index is 11.4. The summed E-state index contributed by atoms with van der Waals surface area (Å²) in [5.41, 5.74) is 0.424. The molecular formula is C18H27N3O3. The average molecular weight is 333 g/mol. The van der Waals surface area contributed by atoms with Crippen LogP contribution in [0.1, 0.15) is 32.8 Å². The number of hydrogen-bond acceptors (Lipinski definition) is 4. The van der Waals surface area contributed by atoms with E-state index in [1.165, 1.54) is 0 Å². The molecule has 6 nitrogen and oxygen atoms in total. The third kappa shape index (κ3) is 4.96. The van der Waals surface area contributed by atoms with Gasteiger partial charge in [0.2, 0.25) is 0 Å². The maximum Gasteiger partial charge on any atom is 0.310 e. The van der Waals surface area contributed by atoms with Gasteiger partial charge in [-0.05, 0) is 42.6 Å². The van der Waals surface area contributed by atoms with Gasteiger partial charge in [0.25, 0.3) is 0 Å². The fourth-order valence-corrected chi connectivity index (χ4v) is 2.65. The second-order valence-corrected chi connectivity index (χ2v) is 7.30. The lowest BCUT2D eigenvalue weighted by molar-refractivity contribution is -0.146. The van der Waals surface area contributed by atoms with Gasteiger partial charge in [0, 0.05) is 18.2 Å². The quantitative estimate of drug-likeness (QED) is 0.472. The Morgan fingerprint density at radius 1 is 1.42 bits per heavy atom. The van der Waals surface area contributed by atoms with E-state index in [9.17, 15) is 9.90 Å². The van der Waals surface area contributed by atoms with E-state index >= 15 is 0 Å². The molecule has 2 rings (SSSR count). The van der Waals surface area contributed by atoms with Gasteiger partial charge in [0.05, 0.1) is 5.92 Å². The highest BCUT2D eigenvalue weighted by molar-refractivity contribution is 5.96. The molecule has 0 spiro atoms. The van der Waals surface area contributed by atoms with Crippen LogP contribution in [0.2, 0.25) is 0 Å². The number of hydrogen-bond donors (Lipinski definition) is 4.